The summed E-state index contributed by atoms with van der Waals surface area (Å²) >= 11 is 0. The van der Waals surface area contributed by atoms with Gasteiger partial charge in [-0.25, -0.2) is 0 Å². The predicted molar refractivity (Wildman–Crippen MR) is 222 cm³/mol. The number of allylic oxidation sites excluding steroid dienone is 4. The van der Waals surface area contributed by atoms with E-state index in [1.54, 1.807) is 0 Å². The van der Waals surface area contributed by atoms with Gasteiger partial charge in [0.25, 0.3) is 0 Å². The highest BCUT2D eigenvalue weighted by Crippen LogP contribution is 2.49. The third-order valence-electron chi connectivity index (χ3n) is 10.5. The minimum Gasteiger partial charge on any atom is -0.454 e. The van der Waals surface area contributed by atoms with Gasteiger partial charge in [-0.1, -0.05) is 166 Å². The Balaban J connectivity index is 1.39. The Morgan fingerprint density at radius 2 is 1.23 bits per heavy atom. The molecular weight excluding hydrogens is 631 g/mol. The lowest BCUT2D eigenvalue weighted by Gasteiger charge is -2.32. The summed E-state index contributed by atoms with van der Waals surface area (Å²) in [6.07, 6.45) is 9.07. The highest BCUT2D eigenvalue weighted by Gasteiger charge is 2.27. The van der Waals surface area contributed by atoms with E-state index in [0.717, 1.165) is 57.4 Å². The van der Waals surface area contributed by atoms with E-state index in [-0.39, 0.29) is 5.41 Å². The van der Waals surface area contributed by atoms with Crippen molar-refractivity contribution in [3.05, 3.63) is 181 Å². The molecule has 1 heterocycles. The molecule has 9 rings (SSSR count). The van der Waals surface area contributed by atoms with Crippen LogP contribution in [0.1, 0.15) is 44.7 Å². The maximum atomic E-state index is 6.81. The average molecular weight is 672 g/mol. The first kappa shape index (κ1) is 31.8. The van der Waals surface area contributed by atoms with Gasteiger partial charge in [-0.05, 0) is 81.1 Å². The van der Waals surface area contributed by atoms with Crippen molar-refractivity contribution in [1.82, 2.24) is 0 Å². The maximum Gasteiger partial charge on any atom is 0.159 e. The van der Waals surface area contributed by atoms with Crippen molar-refractivity contribution in [3.8, 4) is 22.3 Å². The maximum absolute atomic E-state index is 6.81. The second kappa shape index (κ2) is 12.9. The smallest absolute Gasteiger partial charge is 0.159 e. The highest BCUT2D eigenvalue weighted by atomic mass is 16.3. The van der Waals surface area contributed by atoms with Gasteiger partial charge in [0.1, 0.15) is 5.58 Å². The summed E-state index contributed by atoms with van der Waals surface area (Å²) in [5, 5.41) is 4.69. The molecule has 0 saturated heterocycles. The molecule has 0 radical (unpaired) electrons. The molecule has 1 aliphatic rings. The van der Waals surface area contributed by atoms with Gasteiger partial charge in [0.05, 0.1) is 17.1 Å². The summed E-state index contributed by atoms with van der Waals surface area (Å²) in [5.41, 5.74) is 13.5. The van der Waals surface area contributed by atoms with Gasteiger partial charge < -0.3 is 9.32 Å². The number of anilines is 3. The number of para-hydroxylation sites is 3. The van der Waals surface area contributed by atoms with Crippen molar-refractivity contribution in [1.29, 1.82) is 0 Å². The van der Waals surface area contributed by atoms with Crippen molar-refractivity contribution in [3.63, 3.8) is 0 Å². The Bertz CT molecular complexity index is 2660. The molecule has 0 atom stereocenters. The molecule has 52 heavy (non-hydrogen) atoms. The molecule has 0 fully saturated rings. The number of hydrogen-bond donors (Lipinski definition) is 0. The predicted octanol–water partition coefficient (Wildman–Crippen LogP) is 14.6. The van der Waals surface area contributed by atoms with E-state index in [1.165, 1.54) is 44.2 Å². The molecule has 0 spiro atoms. The summed E-state index contributed by atoms with van der Waals surface area (Å²) < 4.78 is 6.81. The molecule has 0 saturated carbocycles. The van der Waals surface area contributed by atoms with E-state index < -0.39 is 0 Å². The quantitative estimate of drug-likeness (QED) is 0.175. The summed E-state index contributed by atoms with van der Waals surface area (Å²) in [5.74, 6) is 0. The Kier molecular flexibility index (Phi) is 7.89. The van der Waals surface area contributed by atoms with Gasteiger partial charge in [0, 0.05) is 21.9 Å². The molecule has 0 bridgehead atoms. The van der Waals surface area contributed by atoms with Gasteiger partial charge in [-0.2, -0.15) is 0 Å². The molecule has 8 aromatic rings. The fraction of sp³-hybridized carbons (Fsp3) is 0.120. The van der Waals surface area contributed by atoms with E-state index in [2.05, 4.69) is 196 Å². The first-order chi connectivity index (χ1) is 25.5. The number of hydrogen-bond acceptors (Lipinski definition) is 2. The van der Waals surface area contributed by atoms with Gasteiger partial charge in [0.2, 0.25) is 0 Å². The Labute approximate surface area is 306 Å². The summed E-state index contributed by atoms with van der Waals surface area (Å²) in [4.78, 5) is 2.47. The molecule has 0 unspecified atom stereocenters. The molecule has 1 aromatic heterocycles. The van der Waals surface area contributed by atoms with Crippen LogP contribution < -0.4 is 4.90 Å². The fourth-order valence-corrected chi connectivity index (χ4v) is 7.86. The number of nitrogens with zero attached hydrogens (tertiary/aromatic N) is 1. The molecule has 1 aliphatic carbocycles. The monoisotopic (exact) mass is 671 g/mol. The largest absolute Gasteiger partial charge is 0.454 e. The topological polar surface area (TPSA) is 16.4 Å². The third-order valence-corrected chi connectivity index (χ3v) is 10.5. The van der Waals surface area contributed by atoms with Crippen LogP contribution in [0.25, 0.3) is 60.5 Å². The zero-order chi connectivity index (χ0) is 35.2. The first-order valence-electron chi connectivity index (χ1n) is 18.3. The van der Waals surface area contributed by atoms with Crippen LogP contribution in [0.2, 0.25) is 0 Å². The minimum absolute atomic E-state index is 0.0547. The Morgan fingerprint density at radius 3 is 2.04 bits per heavy atom. The number of fused-ring (bicyclic) bond motifs is 4. The van der Waals surface area contributed by atoms with E-state index in [9.17, 15) is 0 Å². The third kappa shape index (κ3) is 5.52. The van der Waals surface area contributed by atoms with Crippen LogP contribution in [-0.4, -0.2) is 0 Å². The van der Waals surface area contributed by atoms with Gasteiger partial charge in [0.15, 0.2) is 5.58 Å². The molecule has 7 aromatic carbocycles. The Hall–Kier alpha value is -6.12. The normalized spacial score (nSPS) is 13.2. The zero-order valence-corrected chi connectivity index (χ0v) is 29.9. The van der Waals surface area contributed by atoms with Crippen LogP contribution in [0.4, 0.5) is 17.1 Å². The summed E-state index contributed by atoms with van der Waals surface area (Å²) in [7, 11) is 0. The SMILES string of the molecule is CC(C)(C)c1ccc(C2=CCCC=C2)c(N(c2ccccc2-c2cccc3cccc(-c4ccccc4)c23)c2cccc3c2oc2ccccc23)c1. The van der Waals surface area contributed by atoms with E-state index in [0.29, 0.717) is 0 Å². The standard InChI is InChI=1S/C50H41NO/c1-50(2,3)37-31-32-38(34-17-6-4-7-18-34)46(33-37)51(45-29-16-27-43-41-24-11-13-30-47(41)52-49(43)45)44-28-12-10-23-40(44)42-26-15-22-36-21-14-25-39(48(36)42)35-19-8-5-9-20-35/h5-6,8-33H,4,7H2,1-3H3. The van der Waals surface area contributed by atoms with Crippen LogP contribution in [0.15, 0.2) is 174 Å². The minimum atomic E-state index is -0.0547. The molecule has 252 valence electrons. The summed E-state index contributed by atoms with van der Waals surface area (Å²) in [6, 6.07) is 55.0. The second-order valence-electron chi connectivity index (χ2n) is 14.8. The van der Waals surface area contributed by atoms with Crippen LogP contribution in [0, 0.1) is 0 Å². The second-order valence-corrected chi connectivity index (χ2v) is 14.8. The van der Waals surface area contributed by atoms with Crippen LogP contribution in [-0.2, 0) is 5.41 Å². The lowest BCUT2D eigenvalue weighted by atomic mass is 9.84. The molecular formula is C50H41NO. The van der Waals surface area contributed by atoms with E-state index in [1.807, 2.05) is 0 Å². The van der Waals surface area contributed by atoms with Gasteiger partial charge >= 0.3 is 0 Å². The van der Waals surface area contributed by atoms with Crippen molar-refractivity contribution >= 4 is 55.3 Å². The number of benzene rings is 7. The van der Waals surface area contributed by atoms with E-state index >= 15 is 0 Å². The number of rotatable bonds is 6. The zero-order valence-electron chi connectivity index (χ0n) is 29.9. The van der Waals surface area contributed by atoms with Gasteiger partial charge in [-0.15, -0.1) is 0 Å². The molecule has 2 heteroatoms. The number of furan rings is 1. The Morgan fingerprint density at radius 1 is 0.538 bits per heavy atom. The summed E-state index contributed by atoms with van der Waals surface area (Å²) in [6.45, 7) is 6.89. The van der Waals surface area contributed by atoms with Crippen LogP contribution in [0.3, 0.4) is 0 Å². The van der Waals surface area contributed by atoms with Crippen molar-refractivity contribution in [2.75, 3.05) is 4.90 Å². The average Bonchev–Trinajstić information content (AvgIpc) is 3.58. The lowest BCUT2D eigenvalue weighted by molar-refractivity contribution is 0.590. The molecule has 0 amide bonds. The van der Waals surface area contributed by atoms with Crippen molar-refractivity contribution in [2.45, 2.75) is 39.0 Å². The van der Waals surface area contributed by atoms with E-state index in [4.69, 9.17) is 4.42 Å². The van der Waals surface area contributed by atoms with Gasteiger partial charge in [-0.3, -0.25) is 0 Å². The molecule has 0 aliphatic heterocycles. The van der Waals surface area contributed by atoms with Crippen molar-refractivity contribution < 1.29 is 4.42 Å². The van der Waals surface area contributed by atoms with Crippen LogP contribution in [0.5, 0.6) is 0 Å². The highest BCUT2D eigenvalue weighted by molar-refractivity contribution is 6.13. The fourth-order valence-electron chi connectivity index (χ4n) is 7.86. The first-order valence-corrected chi connectivity index (χ1v) is 18.3. The van der Waals surface area contributed by atoms with Crippen molar-refractivity contribution in [2.24, 2.45) is 0 Å². The molecule has 0 N–H and O–H groups in total. The lowest BCUT2D eigenvalue weighted by Crippen LogP contribution is -2.17. The molecule has 2 nitrogen and oxygen atoms in total. The van der Waals surface area contributed by atoms with Crippen LogP contribution >= 0.6 is 0 Å².